The van der Waals surface area contributed by atoms with E-state index in [1.165, 1.54) is 22.3 Å². The Balaban J connectivity index is 1.60. The van der Waals surface area contributed by atoms with Gasteiger partial charge in [-0.3, -0.25) is 9.67 Å². The molecule has 0 saturated carbocycles. The molecular weight excluding hydrogens is 406 g/mol. The first-order chi connectivity index (χ1) is 14.8. The number of benzene rings is 2. The molecule has 0 amide bonds. The molecule has 0 unspecified atom stereocenters. The van der Waals surface area contributed by atoms with Crippen LogP contribution in [0.15, 0.2) is 52.9 Å². The fourth-order valence-electron chi connectivity index (χ4n) is 3.53. The van der Waals surface area contributed by atoms with Gasteiger partial charge in [0.05, 0.1) is 5.69 Å². The summed E-state index contributed by atoms with van der Waals surface area (Å²) in [6.45, 7) is 10.9. The van der Waals surface area contributed by atoms with Crippen molar-refractivity contribution in [1.82, 2.24) is 14.8 Å². The zero-order chi connectivity index (χ0) is 22.1. The van der Waals surface area contributed by atoms with E-state index >= 15 is 0 Å². The highest BCUT2D eigenvalue weighted by molar-refractivity contribution is 7.71. The van der Waals surface area contributed by atoms with Gasteiger partial charge in [-0.25, -0.2) is 0 Å². The van der Waals surface area contributed by atoms with Crippen molar-refractivity contribution in [1.29, 1.82) is 0 Å². The minimum atomic E-state index is 0.345. The van der Waals surface area contributed by atoms with Gasteiger partial charge >= 0.3 is 0 Å². The number of hydrogen-bond donors (Lipinski definition) is 1. The summed E-state index contributed by atoms with van der Waals surface area (Å²) in [7, 11) is 0. The van der Waals surface area contributed by atoms with E-state index in [-0.39, 0.29) is 0 Å². The van der Waals surface area contributed by atoms with Gasteiger partial charge in [0.15, 0.2) is 10.5 Å². The van der Waals surface area contributed by atoms with E-state index in [4.69, 9.17) is 21.4 Å². The lowest BCUT2D eigenvalue weighted by Crippen LogP contribution is -2.00. The first-order valence-corrected chi connectivity index (χ1v) is 10.8. The average Bonchev–Trinajstić information content (AvgIpc) is 3.35. The highest BCUT2D eigenvalue weighted by Gasteiger charge is 2.16. The first-order valence-electron chi connectivity index (χ1n) is 10.4. The van der Waals surface area contributed by atoms with Crippen molar-refractivity contribution < 1.29 is 9.15 Å². The van der Waals surface area contributed by atoms with Crippen LogP contribution < -0.4 is 4.74 Å². The van der Waals surface area contributed by atoms with E-state index in [0.717, 1.165) is 17.2 Å². The van der Waals surface area contributed by atoms with Crippen LogP contribution in [0.2, 0.25) is 0 Å². The van der Waals surface area contributed by atoms with E-state index < -0.39 is 0 Å². The van der Waals surface area contributed by atoms with E-state index in [1.54, 1.807) is 0 Å². The Kier molecular flexibility index (Phi) is 5.83. The van der Waals surface area contributed by atoms with Crippen molar-refractivity contribution in [3.05, 3.63) is 81.3 Å². The van der Waals surface area contributed by atoms with E-state index in [9.17, 15) is 0 Å². The molecule has 0 fully saturated rings. The number of rotatable bonds is 6. The van der Waals surface area contributed by atoms with Crippen molar-refractivity contribution in [2.24, 2.45) is 0 Å². The van der Waals surface area contributed by atoms with Crippen molar-refractivity contribution in [2.75, 3.05) is 0 Å². The normalized spacial score (nSPS) is 11.3. The van der Waals surface area contributed by atoms with Gasteiger partial charge in [0.2, 0.25) is 5.82 Å². The Morgan fingerprint density at radius 3 is 2.58 bits per heavy atom. The van der Waals surface area contributed by atoms with Crippen molar-refractivity contribution in [2.45, 2.75) is 47.1 Å². The Hall–Kier alpha value is -3.12. The molecule has 2 heterocycles. The number of aryl methyl sites for hydroxylation is 3. The van der Waals surface area contributed by atoms with Crippen molar-refractivity contribution in [3.8, 4) is 23.0 Å². The summed E-state index contributed by atoms with van der Waals surface area (Å²) in [5.74, 6) is 3.28. The third-order valence-electron chi connectivity index (χ3n) is 5.46. The zero-order valence-corrected chi connectivity index (χ0v) is 19.3. The molecular formula is C25H27N3O2S. The van der Waals surface area contributed by atoms with Crippen molar-refractivity contribution in [3.63, 3.8) is 0 Å². The van der Waals surface area contributed by atoms with Gasteiger partial charge in [0.1, 0.15) is 18.1 Å². The Bertz CT molecular complexity index is 1280. The number of aromatic amines is 1. The molecule has 0 aliphatic carbocycles. The molecule has 2 aromatic heterocycles. The number of H-pyrrole nitrogens is 1. The lowest BCUT2D eigenvalue weighted by atomic mass is 10.0. The fourth-order valence-corrected chi connectivity index (χ4v) is 3.77. The molecule has 2 aromatic carbocycles. The molecule has 160 valence electrons. The highest BCUT2D eigenvalue weighted by atomic mass is 32.1. The number of furan rings is 1. The van der Waals surface area contributed by atoms with Crippen LogP contribution in [0.3, 0.4) is 0 Å². The second-order valence-corrected chi connectivity index (χ2v) is 8.59. The first kappa shape index (κ1) is 21.1. The standard InChI is InChI=1S/C25H27N3O2S/c1-15(2)21-10-6-16(3)12-23(21)29-14-20-9-11-22(30-20)24-26-27-25(31)28(24)19-8-7-17(4)18(5)13-19/h6-13,15H,14H2,1-5H3,(H,27,31). The lowest BCUT2D eigenvalue weighted by molar-refractivity contribution is 0.268. The molecule has 0 aliphatic heterocycles. The van der Waals surface area contributed by atoms with Crippen LogP contribution in [0.1, 0.15) is 47.8 Å². The Morgan fingerprint density at radius 1 is 1.03 bits per heavy atom. The van der Waals surface area contributed by atoms with Crippen LogP contribution >= 0.6 is 12.2 Å². The summed E-state index contributed by atoms with van der Waals surface area (Å²) in [5.41, 5.74) is 5.73. The number of nitrogens with zero attached hydrogens (tertiary/aromatic N) is 2. The SMILES string of the molecule is Cc1ccc(C(C)C)c(OCc2ccc(-c3n[nH]c(=S)n3-c3ccc(C)c(C)c3)o2)c1. The van der Waals surface area contributed by atoms with E-state index in [2.05, 4.69) is 75.1 Å². The molecule has 0 aliphatic rings. The number of nitrogens with one attached hydrogen (secondary N) is 1. The summed E-state index contributed by atoms with van der Waals surface area (Å²) < 4.78 is 14.6. The van der Waals surface area contributed by atoms with Gasteiger partial charge in [0, 0.05) is 0 Å². The topological polar surface area (TPSA) is 56.0 Å². The maximum atomic E-state index is 6.11. The molecule has 31 heavy (non-hydrogen) atoms. The van der Waals surface area contributed by atoms with Crippen LogP contribution in [0, 0.1) is 25.5 Å². The molecule has 0 spiro atoms. The van der Waals surface area contributed by atoms with Gasteiger partial charge in [-0.1, -0.05) is 32.0 Å². The van der Waals surface area contributed by atoms with Crippen LogP contribution in [0.25, 0.3) is 17.3 Å². The second-order valence-electron chi connectivity index (χ2n) is 8.21. The molecule has 4 aromatic rings. The Morgan fingerprint density at radius 2 is 1.84 bits per heavy atom. The number of aromatic nitrogens is 3. The maximum Gasteiger partial charge on any atom is 0.202 e. The largest absolute Gasteiger partial charge is 0.485 e. The average molecular weight is 434 g/mol. The molecule has 0 radical (unpaired) electrons. The van der Waals surface area contributed by atoms with Gasteiger partial charge in [-0.05, 0) is 91.5 Å². The third-order valence-corrected chi connectivity index (χ3v) is 5.74. The highest BCUT2D eigenvalue weighted by Crippen LogP contribution is 2.29. The molecule has 0 saturated heterocycles. The summed E-state index contributed by atoms with van der Waals surface area (Å²) >= 11 is 5.48. The van der Waals surface area contributed by atoms with E-state index in [1.807, 2.05) is 22.8 Å². The lowest BCUT2D eigenvalue weighted by Gasteiger charge is -2.14. The minimum absolute atomic E-state index is 0.345. The summed E-state index contributed by atoms with van der Waals surface area (Å²) in [4.78, 5) is 0. The smallest absolute Gasteiger partial charge is 0.202 e. The van der Waals surface area contributed by atoms with Crippen LogP contribution in [-0.2, 0) is 6.61 Å². The summed E-state index contributed by atoms with van der Waals surface area (Å²) in [6.07, 6.45) is 0. The van der Waals surface area contributed by atoms with Crippen LogP contribution in [0.4, 0.5) is 0 Å². The molecule has 4 rings (SSSR count). The van der Waals surface area contributed by atoms with E-state index in [0.29, 0.717) is 28.9 Å². The van der Waals surface area contributed by atoms with Gasteiger partial charge in [-0.2, -0.15) is 5.10 Å². The fraction of sp³-hybridized carbons (Fsp3) is 0.280. The van der Waals surface area contributed by atoms with Crippen LogP contribution in [0.5, 0.6) is 5.75 Å². The molecule has 6 heteroatoms. The zero-order valence-electron chi connectivity index (χ0n) is 18.5. The third kappa shape index (κ3) is 4.35. The second kappa shape index (κ2) is 8.55. The monoisotopic (exact) mass is 433 g/mol. The van der Waals surface area contributed by atoms with Gasteiger partial charge in [0.25, 0.3) is 0 Å². The number of hydrogen-bond acceptors (Lipinski definition) is 4. The summed E-state index contributed by atoms with van der Waals surface area (Å²) in [6, 6.07) is 16.4. The van der Waals surface area contributed by atoms with Gasteiger partial charge < -0.3 is 9.15 Å². The van der Waals surface area contributed by atoms with Crippen LogP contribution in [-0.4, -0.2) is 14.8 Å². The number of ether oxygens (including phenoxy) is 1. The summed E-state index contributed by atoms with van der Waals surface area (Å²) in [5, 5.41) is 7.29. The predicted octanol–water partition coefficient (Wildman–Crippen LogP) is 6.82. The maximum absolute atomic E-state index is 6.11. The molecule has 0 atom stereocenters. The minimum Gasteiger partial charge on any atom is -0.485 e. The van der Waals surface area contributed by atoms with Crippen molar-refractivity contribution >= 4 is 12.2 Å². The predicted molar refractivity (Wildman–Crippen MR) is 126 cm³/mol. The molecule has 5 nitrogen and oxygen atoms in total. The Labute approximate surface area is 187 Å². The quantitative estimate of drug-likeness (QED) is 0.339. The molecule has 1 N–H and O–H groups in total. The van der Waals surface area contributed by atoms with Gasteiger partial charge in [-0.15, -0.1) is 0 Å². The molecule has 0 bridgehead atoms.